The second kappa shape index (κ2) is 14.4. The molecule has 6 rings (SSSR count). The average molecular weight is 699 g/mol. The van der Waals surface area contributed by atoms with Gasteiger partial charge < -0.3 is 20.1 Å². The maximum absolute atomic E-state index is 14.2. The summed E-state index contributed by atoms with van der Waals surface area (Å²) in [7, 11) is 0. The summed E-state index contributed by atoms with van der Waals surface area (Å²) in [5, 5.41) is 9.13. The SMILES string of the molecule is CC(CCC(=O)NC=O)N1Cc2cc(C(=O)NCc3ccc(CNC(=O)Cn4c5ccccc5c5cccnc54)cc3C(F)(F)F)ccc2C1=O. The van der Waals surface area contributed by atoms with Crippen LogP contribution in [-0.2, 0) is 46.7 Å². The lowest BCUT2D eigenvalue weighted by Crippen LogP contribution is -2.34. The zero-order chi connectivity index (χ0) is 36.3. The predicted octanol–water partition coefficient (Wildman–Crippen LogP) is 4.85. The average Bonchev–Trinajstić information content (AvgIpc) is 3.62. The van der Waals surface area contributed by atoms with Gasteiger partial charge in [0.05, 0.1) is 11.1 Å². The summed E-state index contributed by atoms with van der Waals surface area (Å²) in [6.45, 7) is 1.33. The molecule has 3 aromatic carbocycles. The lowest BCUT2D eigenvalue weighted by atomic mass is 10.0. The van der Waals surface area contributed by atoms with Gasteiger partial charge in [0.15, 0.2) is 0 Å². The molecule has 3 heterocycles. The molecule has 0 saturated heterocycles. The predicted molar refractivity (Wildman–Crippen MR) is 181 cm³/mol. The molecular formula is C37H33F3N6O5. The second-order valence-corrected chi connectivity index (χ2v) is 12.3. The molecule has 0 radical (unpaired) electrons. The van der Waals surface area contributed by atoms with Crippen LogP contribution in [0.4, 0.5) is 13.2 Å². The van der Waals surface area contributed by atoms with E-state index in [4.69, 9.17) is 0 Å². The van der Waals surface area contributed by atoms with Crippen molar-refractivity contribution >= 4 is 52.0 Å². The molecule has 0 aliphatic carbocycles. The van der Waals surface area contributed by atoms with Crippen LogP contribution < -0.4 is 16.0 Å². The van der Waals surface area contributed by atoms with Gasteiger partial charge in [0, 0.05) is 60.2 Å². The lowest BCUT2D eigenvalue weighted by Gasteiger charge is -2.23. The summed E-state index contributed by atoms with van der Waals surface area (Å²) in [5.74, 6) is -1.75. The number of nitrogens with zero attached hydrogens (tertiary/aromatic N) is 3. The van der Waals surface area contributed by atoms with Crippen LogP contribution in [0.25, 0.3) is 21.9 Å². The fourth-order valence-corrected chi connectivity index (χ4v) is 6.34. The van der Waals surface area contributed by atoms with Crippen LogP contribution in [0.15, 0.2) is 79.0 Å². The number of nitrogens with one attached hydrogen (secondary N) is 3. The maximum Gasteiger partial charge on any atom is 0.416 e. The summed E-state index contributed by atoms with van der Waals surface area (Å²) in [6.07, 6.45) is -2.43. The number of pyridine rings is 1. The molecular weight excluding hydrogens is 665 g/mol. The Morgan fingerprint density at radius 2 is 1.73 bits per heavy atom. The van der Waals surface area contributed by atoms with E-state index in [1.807, 2.05) is 36.4 Å². The minimum atomic E-state index is -4.73. The molecule has 1 atom stereocenters. The normalized spacial score (nSPS) is 13.3. The highest BCUT2D eigenvalue weighted by Crippen LogP contribution is 2.33. The van der Waals surface area contributed by atoms with Gasteiger partial charge in [-0.2, -0.15) is 13.2 Å². The Bertz CT molecular complexity index is 2130. The third-order valence-corrected chi connectivity index (χ3v) is 8.98. The van der Waals surface area contributed by atoms with Gasteiger partial charge in [-0.3, -0.25) is 29.3 Å². The Balaban J connectivity index is 1.08. The van der Waals surface area contributed by atoms with E-state index in [2.05, 4.69) is 20.9 Å². The molecule has 2 aromatic heterocycles. The first kappa shape index (κ1) is 34.8. The summed E-state index contributed by atoms with van der Waals surface area (Å²) in [6, 6.07) is 19.1. The van der Waals surface area contributed by atoms with E-state index in [-0.39, 0.29) is 54.7 Å². The highest BCUT2D eigenvalue weighted by Gasteiger charge is 2.34. The van der Waals surface area contributed by atoms with Crippen LogP contribution in [0.2, 0.25) is 0 Å². The molecule has 262 valence electrons. The monoisotopic (exact) mass is 698 g/mol. The molecule has 1 aliphatic rings. The van der Waals surface area contributed by atoms with Crippen LogP contribution in [0.1, 0.15) is 62.7 Å². The Morgan fingerprint density at radius 1 is 0.941 bits per heavy atom. The number of alkyl halides is 3. The van der Waals surface area contributed by atoms with Crippen molar-refractivity contribution < 1.29 is 37.1 Å². The van der Waals surface area contributed by atoms with Crippen molar-refractivity contribution in [3.8, 4) is 0 Å². The number of hydrogen-bond donors (Lipinski definition) is 3. The zero-order valence-electron chi connectivity index (χ0n) is 27.4. The van der Waals surface area contributed by atoms with E-state index >= 15 is 0 Å². The van der Waals surface area contributed by atoms with Crippen molar-refractivity contribution in [2.24, 2.45) is 0 Å². The molecule has 3 N–H and O–H groups in total. The Hall–Kier alpha value is -6.05. The Morgan fingerprint density at radius 3 is 2.51 bits per heavy atom. The number of imide groups is 1. The first-order chi connectivity index (χ1) is 24.4. The molecule has 1 unspecified atom stereocenters. The van der Waals surface area contributed by atoms with Gasteiger partial charge >= 0.3 is 6.18 Å². The molecule has 0 spiro atoms. The number of amides is 5. The number of carbonyl (C=O) groups excluding carboxylic acids is 5. The van der Waals surface area contributed by atoms with Crippen LogP contribution in [0, 0.1) is 0 Å². The lowest BCUT2D eigenvalue weighted by molar-refractivity contribution is -0.138. The van der Waals surface area contributed by atoms with E-state index in [1.54, 1.807) is 22.6 Å². The van der Waals surface area contributed by atoms with Crippen molar-refractivity contribution in [2.75, 3.05) is 0 Å². The molecule has 5 aromatic rings. The van der Waals surface area contributed by atoms with Crippen LogP contribution in [0.3, 0.4) is 0 Å². The zero-order valence-corrected chi connectivity index (χ0v) is 27.4. The smallest absolute Gasteiger partial charge is 0.350 e. The number of benzene rings is 3. The van der Waals surface area contributed by atoms with E-state index in [0.29, 0.717) is 29.6 Å². The summed E-state index contributed by atoms with van der Waals surface area (Å²) >= 11 is 0. The largest absolute Gasteiger partial charge is 0.416 e. The first-order valence-corrected chi connectivity index (χ1v) is 16.2. The third-order valence-electron chi connectivity index (χ3n) is 8.98. The highest BCUT2D eigenvalue weighted by molar-refractivity contribution is 6.07. The van der Waals surface area contributed by atoms with E-state index in [1.165, 1.54) is 30.3 Å². The fourth-order valence-electron chi connectivity index (χ4n) is 6.34. The van der Waals surface area contributed by atoms with Crippen molar-refractivity contribution in [1.29, 1.82) is 0 Å². The number of para-hydroxylation sites is 1. The number of fused-ring (bicyclic) bond motifs is 4. The number of hydrogen-bond acceptors (Lipinski definition) is 6. The minimum Gasteiger partial charge on any atom is -0.350 e. The molecule has 0 bridgehead atoms. The van der Waals surface area contributed by atoms with E-state index in [9.17, 15) is 37.1 Å². The van der Waals surface area contributed by atoms with Crippen molar-refractivity contribution in [3.63, 3.8) is 0 Å². The topological polar surface area (TPSA) is 143 Å². The van der Waals surface area contributed by atoms with E-state index in [0.717, 1.165) is 22.4 Å². The third kappa shape index (κ3) is 7.44. The summed E-state index contributed by atoms with van der Waals surface area (Å²) in [4.78, 5) is 67.0. The molecule has 11 nitrogen and oxygen atoms in total. The quantitative estimate of drug-likeness (QED) is 0.159. The van der Waals surface area contributed by atoms with Gasteiger partial charge in [0.2, 0.25) is 18.2 Å². The molecule has 0 fully saturated rings. The first-order valence-electron chi connectivity index (χ1n) is 16.2. The number of rotatable bonds is 12. The molecule has 51 heavy (non-hydrogen) atoms. The molecule has 1 aliphatic heterocycles. The van der Waals surface area contributed by atoms with Crippen LogP contribution in [-0.4, -0.2) is 50.5 Å². The van der Waals surface area contributed by atoms with Crippen molar-refractivity contribution in [3.05, 3.63) is 112 Å². The van der Waals surface area contributed by atoms with Crippen LogP contribution >= 0.6 is 0 Å². The van der Waals surface area contributed by atoms with Gasteiger partial charge in [-0.25, -0.2) is 4.98 Å². The Kier molecular flexibility index (Phi) is 9.85. The number of aromatic nitrogens is 2. The standard InChI is InChI=1S/C37H33F3N6O5/c1-22(8-13-32(48)44-21-47)45-19-26-16-24(11-12-27(26)36(45)51)35(50)43-18-25-10-9-23(15-30(25)37(38,39)40)17-42-33(49)20-46-31-7-3-2-5-28(31)29-6-4-14-41-34(29)46/h2-7,9-12,14-16,21-22H,8,13,17-20H2,1H3,(H,42,49)(H,43,50)(H,44,47,48). The highest BCUT2D eigenvalue weighted by atomic mass is 19.4. The van der Waals surface area contributed by atoms with Crippen LogP contribution in [0.5, 0.6) is 0 Å². The van der Waals surface area contributed by atoms with E-state index < -0.39 is 36.0 Å². The maximum atomic E-state index is 14.2. The van der Waals surface area contributed by atoms with Crippen molar-refractivity contribution in [2.45, 2.75) is 58.2 Å². The van der Waals surface area contributed by atoms with Crippen molar-refractivity contribution in [1.82, 2.24) is 30.4 Å². The fraction of sp³-hybridized carbons (Fsp3) is 0.243. The minimum absolute atomic E-state index is 0.0464. The summed E-state index contributed by atoms with van der Waals surface area (Å²) < 4.78 is 44.3. The van der Waals surface area contributed by atoms with Gasteiger partial charge in [-0.1, -0.05) is 30.3 Å². The summed E-state index contributed by atoms with van der Waals surface area (Å²) in [5.41, 5.74) is 1.72. The molecule has 14 heteroatoms. The number of carbonyl (C=O) groups is 5. The van der Waals surface area contributed by atoms with Gasteiger partial charge in [0.25, 0.3) is 11.8 Å². The number of halogens is 3. The molecule has 0 saturated carbocycles. The van der Waals surface area contributed by atoms with Gasteiger partial charge in [-0.15, -0.1) is 0 Å². The molecule has 5 amide bonds. The van der Waals surface area contributed by atoms with Gasteiger partial charge in [-0.05, 0) is 72.5 Å². The second-order valence-electron chi connectivity index (χ2n) is 12.3. The Labute approximate surface area is 289 Å². The van der Waals surface area contributed by atoms with Gasteiger partial charge in [0.1, 0.15) is 12.2 Å².